The van der Waals surface area contributed by atoms with Crippen LogP contribution in [0.2, 0.25) is 0 Å². The van der Waals surface area contributed by atoms with Gasteiger partial charge >= 0.3 is 0 Å². The van der Waals surface area contributed by atoms with Gasteiger partial charge in [-0.15, -0.1) is 0 Å². The van der Waals surface area contributed by atoms with E-state index >= 15 is 0 Å². The highest BCUT2D eigenvalue weighted by Crippen LogP contribution is 2.20. The molecule has 0 bridgehead atoms. The molecule has 1 aliphatic heterocycles. The lowest BCUT2D eigenvalue weighted by atomic mass is 10.1. The van der Waals surface area contributed by atoms with Crippen LogP contribution < -0.4 is 5.73 Å². The summed E-state index contributed by atoms with van der Waals surface area (Å²) in [6.45, 7) is 18.8. The molecule has 1 fully saturated rings. The van der Waals surface area contributed by atoms with E-state index < -0.39 is 0 Å². The van der Waals surface area contributed by atoms with Crippen LogP contribution >= 0.6 is 0 Å². The van der Waals surface area contributed by atoms with Crippen molar-refractivity contribution in [1.29, 1.82) is 0 Å². The van der Waals surface area contributed by atoms with Crippen molar-refractivity contribution in [2.45, 2.75) is 132 Å². The topological polar surface area (TPSA) is 60.0 Å². The molecular formula is C26H51N3O. The molecule has 1 unspecified atom stereocenters. The van der Waals surface area contributed by atoms with Crippen molar-refractivity contribution in [3.63, 3.8) is 0 Å². The van der Waals surface area contributed by atoms with Crippen molar-refractivity contribution < 1.29 is 4.74 Å². The Balaban J connectivity index is 0. The second-order valence-corrected chi connectivity index (χ2v) is 7.88. The van der Waals surface area contributed by atoms with Crippen molar-refractivity contribution in [1.82, 2.24) is 0 Å². The zero-order valence-electron chi connectivity index (χ0n) is 21.6. The Morgan fingerprint density at radius 2 is 1.63 bits per heavy atom. The Labute approximate surface area is 188 Å². The summed E-state index contributed by atoms with van der Waals surface area (Å²) < 4.78 is 5.51. The molecule has 1 rings (SSSR count). The maximum absolute atomic E-state index is 6.12. The fraction of sp³-hybridized carbons (Fsp3) is 0.769. The summed E-state index contributed by atoms with van der Waals surface area (Å²) in [4.78, 5) is 8.73. The number of nitrogens with two attached hydrogens (primary N) is 1. The van der Waals surface area contributed by atoms with E-state index in [9.17, 15) is 0 Å². The van der Waals surface area contributed by atoms with E-state index in [0.29, 0.717) is 12.2 Å². The molecule has 1 aliphatic rings. The van der Waals surface area contributed by atoms with Crippen molar-refractivity contribution in [3.8, 4) is 0 Å². The fourth-order valence-electron chi connectivity index (χ4n) is 2.83. The Bertz CT molecular complexity index is 530. The molecule has 1 heterocycles. The summed E-state index contributed by atoms with van der Waals surface area (Å²) in [7, 11) is 0. The van der Waals surface area contributed by atoms with E-state index in [4.69, 9.17) is 10.5 Å². The highest BCUT2D eigenvalue weighted by Gasteiger charge is 2.19. The Hall–Kier alpha value is -1.42. The number of unbranched alkanes of at least 4 members (excludes halogenated alkanes) is 3. The van der Waals surface area contributed by atoms with Crippen LogP contribution in [-0.2, 0) is 4.74 Å². The lowest BCUT2D eigenvalue weighted by molar-refractivity contribution is 0.0540. The molecule has 0 aliphatic carbocycles. The predicted molar refractivity (Wildman–Crippen MR) is 137 cm³/mol. The van der Waals surface area contributed by atoms with Gasteiger partial charge in [0.2, 0.25) is 0 Å². The zero-order valence-corrected chi connectivity index (χ0v) is 21.6. The summed E-state index contributed by atoms with van der Waals surface area (Å²) >= 11 is 0. The average molecular weight is 422 g/mol. The molecule has 0 amide bonds. The average Bonchev–Trinajstić information content (AvgIpc) is 3.17. The molecule has 176 valence electrons. The molecule has 0 aromatic heterocycles. The van der Waals surface area contributed by atoms with Crippen LogP contribution in [-0.4, -0.2) is 24.6 Å². The number of nitrogens with zero attached hydrogens (tertiary/aromatic N) is 2. The van der Waals surface area contributed by atoms with Crippen molar-refractivity contribution in [2.24, 2.45) is 15.7 Å². The number of aliphatic imine (C=N–C) groups is 2. The monoisotopic (exact) mass is 421 g/mol. The minimum absolute atomic E-state index is 0.528. The van der Waals surface area contributed by atoms with Gasteiger partial charge in [0.05, 0.1) is 23.6 Å². The van der Waals surface area contributed by atoms with Crippen LogP contribution in [0.3, 0.4) is 0 Å². The van der Waals surface area contributed by atoms with Crippen LogP contribution in [0.4, 0.5) is 0 Å². The first-order chi connectivity index (χ1) is 14.3. The van der Waals surface area contributed by atoms with Crippen molar-refractivity contribution in [2.75, 3.05) is 0 Å². The van der Waals surface area contributed by atoms with Gasteiger partial charge in [-0.1, -0.05) is 60.3 Å². The number of hydrogen-bond acceptors (Lipinski definition) is 4. The summed E-state index contributed by atoms with van der Waals surface area (Å²) in [5, 5.41) is 0. The van der Waals surface area contributed by atoms with E-state index in [1.165, 1.54) is 38.5 Å². The molecule has 0 saturated carbocycles. The highest BCUT2D eigenvalue weighted by molar-refractivity contribution is 5.61. The standard InChI is InChI=1S/C14H25N3.C7H14O.C5H12/c1-6-9-10-17-14(12(5)16-8-3)13(15)11(4)7-2;1-3-7-5-4-6(2)8-7;1-3-5-4-2/h8,10H,6-7,9,15H2,1-5H3;6-7H,3-5H2,1-2H3;3-5H2,1-2H3/b13-11-,14-12+,16-8?,17-10?;;/t;6-,7?;/m.0./s1. The van der Waals surface area contributed by atoms with Crippen LogP contribution in [0, 0.1) is 0 Å². The largest absolute Gasteiger partial charge is 0.397 e. The minimum atomic E-state index is 0.528. The Morgan fingerprint density at radius 1 is 1.00 bits per heavy atom. The van der Waals surface area contributed by atoms with E-state index in [0.717, 1.165) is 41.9 Å². The SMILES string of the molecule is CC=N/C(C)=C(N=CCCC)\C(N)=C(/C)CC.CCC1CC[C@H](C)O1.CCCCC. The van der Waals surface area contributed by atoms with Crippen LogP contribution in [0.5, 0.6) is 0 Å². The molecule has 2 N–H and O–H groups in total. The van der Waals surface area contributed by atoms with Gasteiger partial charge in [-0.25, -0.2) is 0 Å². The summed E-state index contributed by atoms with van der Waals surface area (Å²) in [6, 6.07) is 0. The summed E-state index contributed by atoms with van der Waals surface area (Å²) in [5.41, 5.74) is 9.69. The zero-order chi connectivity index (χ0) is 23.4. The molecule has 2 atom stereocenters. The van der Waals surface area contributed by atoms with Gasteiger partial charge < -0.3 is 10.5 Å². The van der Waals surface area contributed by atoms with Gasteiger partial charge in [0.25, 0.3) is 0 Å². The molecule has 0 radical (unpaired) electrons. The molecule has 1 saturated heterocycles. The first-order valence-electron chi connectivity index (χ1n) is 12.2. The van der Waals surface area contributed by atoms with E-state index in [1.807, 2.05) is 27.0 Å². The van der Waals surface area contributed by atoms with Gasteiger partial charge in [0.15, 0.2) is 0 Å². The third-order valence-corrected chi connectivity index (χ3v) is 5.03. The second-order valence-electron chi connectivity index (χ2n) is 7.88. The smallest absolute Gasteiger partial charge is 0.107 e. The van der Waals surface area contributed by atoms with Crippen LogP contribution in [0.25, 0.3) is 0 Å². The number of allylic oxidation sites excluding steroid dienone is 2. The third kappa shape index (κ3) is 15.4. The normalized spacial score (nSPS) is 20.3. The molecule has 4 nitrogen and oxygen atoms in total. The molecule has 4 heteroatoms. The first-order valence-corrected chi connectivity index (χ1v) is 12.2. The quantitative estimate of drug-likeness (QED) is 0.303. The minimum Gasteiger partial charge on any atom is -0.397 e. The van der Waals surface area contributed by atoms with E-state index in [1.54, 1.807) is 6.21 Å². The lowest BCUT2D eigenvalue weighted by Crippen LogP contribution is -2.05. The van der Waals surface area contributed by atoms with Crippen molar-refractivity contribution >= 4 is 12.4 Å². The van der Waals surface area contributed by atoms with E-state index in [2.05, 4.69) is 51.5 Å². The fourth-order valence-corrected chi connectivity index (χ4v) is 2.83. The number of hydrogen-bond donors (Lipinski definition) is 1. The van der Waals surface area contributed by atoms with E-state index in [-0.39, 0.29) is 0 Å². The van der Waals surface area contributed by atoms with Crippen LogP contribution in [0.15, 0.2) is 32.6 Å². The molecule has 0 aromatic rings. The number of rotatable bonds is 9. The van der Waals surface area contributed by atoms with Crippen LogP contribution in [0.1, 0.15) is 120 Å². The molecular weight excluding hydrogens is 370 g/mol. The molecule has 0 aromatic carbocycles. The van der Waals surface area contributed by atoms with Crippen molar-refractivity contribution in [3.05, 3.63) is 22.7 Å². The van der Waals surface area contributed by atoms with Gasteiger partial charge in [-0.2, -0.15) is 0 Å². The summed E-state index contributed by atoms with van der Waals surface area (Å²) in [6.07, 6.45) is 15.6. The second kappa shape index (κ2) is 20.8. The van der Waals surface area contributed by atoms with Gasteiger partial charge in [0, 0.05) is 12.4 Å². The highest BCUT2D eigenvalue weighted by atomic mass is 16.5. The maximum Gasteiger partial charge on any atom is 0.107 e. The van der Waals surface area contributed by atoms with Gasteiger partial charge in [-0.3, -0.25) is 9.98 Å². The number of ether oxygens (including phenoxy) is 1. The third-order valence-electron chi connectivity index (χ3n) is 5.03. The maximum atomic E-state index is 6.12. The molecule has 30 heavy (non-hydrogen) atoms. The first kappa shape index (κ1) is 30.8. The molecule has 0 spiro atoms. The Kier molecular flexibility index (Phi) is 21.4. The Morgan fingerprint density at radius 3 is 1.97 bits per heavy atom. The summed E-state index contributed by atoms with van der Waals surface area (Å²) in [5.74, 6) is 0. The lowest BCUT2D eigenvalue weighted by Gasteiger charge is -2.08. The van der Waals surface area contributed by atoms with Gasteiger partial charge in [-0.05, 0) is 65.4 Å². The predicted octanol–water partition coefficient (Wildman–Crippen LogP) is 7.98. The van der Waals surface area contributed by atoms with Gasteiger partial charge in [0.1, 0.15) is 5.70 Å².